The lowest BCUT2D eigenvalue weighted by atomic mass is 9.93. The van der Waals surface area contributed by atoms with E-state index in [4.69, 9.17) is 4.74 Å². The highest BCUT2D eigenvalue weighted by Crippen LogP contribution is 2.26. The van der Waals surface area contributed by atoms with E-state index in [0.29, 0.717) is 17.9 Å². The Labute approximate surface area is 166 Å². The molecule has 3 atom stereocenters. The molecule has 0 aromatic carbocycles. The zero-order chi connectivity index (χ0) is 19.3. The molecule has 2 aliphatic heterocycles. The van der Waals surface area contributed by atoms with Crippen LogP contribution in [0.4, 0.5) is 11.6 Å². The highest BCUT2D eigenvalue weighted by Gasteiger charge is 2.29. The molecule has 1 N–H and O–H groups in total. The van der Waals surface area contributed by atoms with Gasteiger partial charge in [-0.05, 0) is 37.5 Å². The molecule has 28 heavy (non-hydrogen) atoms. The van der Waals surface area contributed by atoms with Crippen LogP contribution < -0.4 is 10.2 Å². The molecular weight excluding hydrogens is 354 g/mol. The van der Waals surface area contributed by atoms with Crippen LogP contribution >= 0.6 is 0 Å². The van der Waals surface area contributed by atoms with Crippen molar-refractivity contribution in [2.24, 2.45) is 11.8 Å². The molecule has 2 fully saturated rings. The van der Waals surface area contributed by atoms with Crippen LogP contribution in [0.25, 0.3) is 0 Å². The van der Waals surface area contributed by atoms with E-state index in [1.807, 2.05) is 10.9 Å². The van der Waals surface area contributed by atoms with Gasteiger partial charge in [-0.1, -0.05) is 19.1 Å². The minimum atomic E-state index is 0.231. The van der Waals surface area contributed by atoms with Gasteiger partial charge in [0.15, 0.2) is 0 Å². The first-order chi connectivity index (χ1) is 13.7. The SMILES string of the molecule is CC(C)[C@@H]1OCCC[C@H]1Nc1cc(N2CCC[C@H](Cn3ccnn3)C2)ncn1. The zero-order valence-electron chi connectivity index (χ0n) is 16.9. The molecule has 0 amide bonds. The third-order valence-electron chi connectivity index (χ3n) is 5.77. The number of rotatable bonds is 6. The topological polar surface area (TPSA) is 81.0 Å². The summed E-state index contributed by atoms with van der Waals surface area (Å²) in [4.78, 5) is 11.4. The lowest BCUT2D eigenvalue weighted by Gasteiger charge is -2.36. The Morgan fingerprint density at radius 1 is 1.25 bits per heavy atom. The molecule has 4 heterocycles. The molecular formula is C20H31N7O. The van der Waals surface area contributed by atoms with Gasteiger partial charge in [0.2, 0.25) is 0 Å². The van der Waals surface area contributed by atoms with Crippen molar-refractivity contribution >= 4 is 11.6 Å². The van der Waals surface area contributed by atoms with Crippen LogP contribution in [0.3, 0.4) is 0 Å². The van der Waals surface area contributed by atoms with Crippen molar-refractivity contribution in [2.75, 3.05) is 29.9 Å². The van der Waals surface area contributed by atoms with Crippen LogP contribution in [0.2, 0.25) is 0 Å². The van der Waals surface area contributed by atoms with Crippen molar-refractivity contribution in [3.05, 3.63) is 24.8 Å². The van der Waals surface area contributed by atoms with Crippen LogP contribution in [-0.2, 0) is 11.3 Å². The molecule has 152 valence electrons. The molecule has 8 nitrogen and oxygen atoms in total. The zero-order valence-corrected chi connectivity index (χ0v) is 16.9. The van der Waals surface area contributed by atoms with Crippen molar-refractivity contribution in [3.63, 3.8) is 0 Å². The van der Waals surface area contributed by atoms with E-state index in [1.165, 1.54) is 6.42 Å². The second kappa shape index (κ2) is 8.86. The number of hydrogen-bond acceptors (Lipinski definition) is 7. The van der Waals surface area contributed by atoms with Crippen LogP contribution in [0, 0.1) is 11.8 Å². The Morgan fingerprint density at radius 3 is 3.00 bits per heavy atom. The minimum Gasteiger partial charge on any atom is -0.376 e. The fourth-order valence-corrected chi connectivity index (χ4v) is 4.42. The third kappa shape index (κ3) is 4.60. The molecule has 0 spiro atoms. The third-order valence-corrected chi connectivity index (χ3v) is 5.77. The second-order valence-electron chi connectivity index (χ2n) is 8.31. The van der Waals surface area contributed by atoms with E-state index in [9.17, 15) is 0 Å². The minimum absolute atomic E-state index is 0.231. The molecule has 4 rings (SSSR count). The molecule has 2 aromatic rings. The van der Waals surface area contributed by atoms with Crippen LogP contribution in [-0.4, -0.2) is 56.8 Å². The quantitative estimate of drug-likeness (QED) is 0.818. The summed E-state index contributed by atoms with van der Waals surface area (Å²) >= 11 is 0. The summed E-state index contributed by atoms with van der Waals surface area (Å²) in [6.07, 6.45) is 10.2. The van der Waals surface area contributed by atoms with Crippen LogP contribution in [0.5, 0.6) is 0 Å². The predicted octanol–water partition coefficient (Wildman–Crippen LogP) is 2.60. The molecule has 0 radical (unpaired) electrons. The maximum Gasteiger partial charge on any atom is 0.134 e. The maximum absolute atomic E-state index is 6.01. The Balaban J connectivity index is 1.41. The van der Waals surface area contributed by atoms with Gasteiger partial charge < -0.3 is 15.0 Å². The number of piperidine rings is 1. The average Bonchev–Trinajstić information content (AvgIpc) is 3.22. The van der Waals surface area contributed by atoms with Gasteiger partial charge >= 0.3 is 0 Å². The van der Waals surface area contributed by atoms with E-state index in [0.717, 1.165) is 57.1 Å². The van der Waals surface area contributed by atoms with Gasteiger partial charge in [-0.15, -0.1) is 5.10 Å². The van der Waals surface area contributed by atoms with E-state index < -0.39 is 0 Å². The average molecular weight is 386 g/mol. The fraction of sp³-hybridized carbons (Fsp3) is 0.700. The lowest BCUT2D eigenvalue weighted by Crippen LogP contribution is -2.43. The molecule has 2 aromatic heterocycles. The first kappa shape index (κ1) is 19.1. The highest BCUT2D eigenvalue weighted by atomic mass is 16.5. The number of ether oxygens (including phenoxy) is 1. The molecule has 2 aliphatic rings. The highest BCUT2D eigenvalue weighted by molar-refractivity contribution is 5.49. The molecule has 0 saturated carbocycles. The second-order valence-corrected chi connectivity index (χ2v) is 8.31. The summed E-state index contributed by atoms with van der Waals surface area (Å²) in [5.41, 5.74) is 0. The van der Waals surface area contributed by atoms with Crippen molar-refractivity contribution in [1.82, 2.24) is 25.0 Å². The van der Waals surface area contributed by atoms with Crippen LogP contribution in [0.1, 0.15) is 39.5 Å². The molecule has 0 aliphatic carbocycles. The van der Waals surface area contributed by atoms with Crippen molar-refractivity contribution < 1.29 is 4.74 Å². The summed E-state index contributed by atoms with van der Waals surface area (Å²) < 4.78 is 7.93. The number of aromatic nitrogens is 5. The van der Waals surface area contributed by atoms with Crippen molar-refractivity contribution in [1.29, 1.82) is 0 Å². The molecule has 2 saturated heterocycles. The smallest absolute Gasteiger partial charge is 0.134 e. The number of hydrogen-bond donors (Lipinski definition) is 1. The standard InChI is InChI=1S/C20H31N7O/c1-15(2)20-17(6-4-10-28-20)24-18-11-19(22-14-21-18)26-8-3-5-16(12-26)13-27-9-7-23-25-27/h7,9,11,14-17,20H,3-6,8,10,12-13H2,1-2H3,(H,21,22,24)/t16-,17+,20-/m0/s1. The first-order valence-electron chi connectivity index (χ1n) is 10.5. The van der Waals surface area contributed by atoms with Gasteiger partial charge in [0.05, 0.1) is 18.3 Å². The van der Waals surface area contributed by atoms with E-state index in [1.54, 1.807) is 12.5 Å². The molecule has 0 unspecified atom stereocenters. The normalized spacial score (nSPS) is 25.8. The van der Waals surface area contributed by atoms with Gasteiger partial charge in [-0.25, -0.2) is 9.97 Å². The van der Waals surface area contributed by atoms with Crippen molar-refractivity contribution in [3.8, 4) is 0 Å². The summed E-state index contributed by atoms with van der Waals surface area (Å²) in [7, 11) is 0. The van der Waals surface area contributed by atoms with Crippen molar-refractivity contribution in [2.45, 2.75) is 58.2 Å². The monoisotopic (exact) mass is 385 g/mol. The largest absolute Gasteiger partial charge is 0.376 e. The van der Waals surface area contributed by atoms with Gasteiger partial charge in [-0.2, -0.15) is 0 Å². The van der Waals surface area contributed by atoms with Gasteiger partial charge in [-0.3, -0.25) is 4.68 Å². The fourth-order valence-electron chi connectivity index (χ4n) is 4.42. The number of nitrogens with zero attached hydrogens (tertiary/aromatic N) is 6. The Morgan fingerprint density at radius 2 is 2.18 bits per heavy atom. The lowest BCUT2D eigenvalue weighted by molar-refractivity contribution is -0.0203. The van der Waals surface area contributed by atoms with Gasteiger partial charge in [0.25, 0.3) is 0 Å². The van der Waals surface area contributed by atoms with E-state index in [-0.39, 0.29) is 6.10 Å². The number of nitrogens with one attached hydrogen (secondary N) is 1. The molecule has 0 bridgehead atoms. The number of anilines is 2. The Kier molecular flexibility index (Phi) is 6.04. The summed E-state index contributed by atoms with van der Waals surface area (Å²) in [6, 6.07) is 2.39. The van der Waals surface area contributed by atoms with E-state index in [2.05, 4.69) is 50.4 Å². The van der Waals surface area contributed by atoms with Crippen LogP contribution in [0.15, 0.2) is 24.8 Å². The van der Waals surface area contributed by atoms with Gasteiger partial charge in [0.1, 0.15) is 18.0 Å². The Bertz CT molecular complexity index is 736. The summed E-state index contributed by atoms with van der Waals surface area (Å²) in [5, 5.41) is 11.6. The molecule has 8 heteroatoms. The van der Waals surface area contributed by atoms with E-state index >= 15 is 0 Å². The predicted molar refractivity (Wildman–Crippen MR) is 108 cm³/mol. The summed E-state index contributed by atoms with van der Waals surface area (Å²) in [5.74, 6) is 2.93. The Hall–Kier alpha value is -2.22. The van der Waals surface area contributed by atoms with Gasteiger partial charge in [0, 0.05) is 38.5 Å². The summed E-state index contributed by atoms with van der Waals surface area (Å²) in [6.45, 7) is 8.22. The first-order valence-corrected chi connectivity index (χ1v) is 10.5. The maximum atomic E-state index is 6.01.